The second kappa shape index (κ2) is 7.87. The number of piperazine rings is 1. The van der Waals surface area contributed by atoms with E-state index in [9.17, 15) is 5.11 Å². The lowest BCUT2D eigenvalue weighted by Crippen LogP contribution is -2.45. The molecule has 1 saturated heterocycles. The first-order valence-electron chi connectivity index (χ1n) is 7.68. The third-order valence-electron chi connectivity index (χ3n) is 4.08. The van der Waals surface area contributed by atoms with Gasteiger partial charge in [-0.1, -0.05) is 31.4 Å². The summed E-state index contributed by atoms with van der Waals surface area (Å²) in [6.07, 6.45) is 3.45. The van der Waals surface area contributed by atoms with E-state index in [0.29, 0.717) is 16.8 Å². The number of aromatic hydroxyl groups is 1. The minimum Gasteiger partial charge on any atom is -0.503 e. The topological polar surface area (TPSA) is 44.7 Å². The van der Waals surface area contributed by atoms with Crippen LogP contribution in [0.5, 0.6) is 11.5 Å². The maximum absolute atomic E-state index is 9.91. The van der Waals surface area contributed by atoms with E-state index in [2.05, 4.69) is 17.1 Å². The molecule has 1 aliphatic heterocycles. The molecule has 1 aromatic rings. The van der Waals surface area contributed by atoms with Crippen molar-refractivity contribution in [3.05, 3.63) is 22.7 Å². The van der Waals surface area contributed by atoms with Gasteiger partial charge in [0.1, 0.15) is 0 Å². The fourth-order valence-electron chi connectivity index (χ4n) is 2.89. The van der Waals surface area contributed by atoms with Gasteiger partial charge >= 0.3 is 0 Å². The van der Waals surface area contributed by atoms with E-state index in [1.165, 1.54) is 12.8 Å². The lowest BCUT2D eigenvalue weighted by atomic mass is 9.98. The molecule has 0 saturated carbocycles. The van der Waals surface area contributed by atoms with Crippen LogP contribution in [0.3, 0.4) is 0 Å². The highest BCUT2D eigenvalue weighted by Gasteiger charge is 2.23. The molecule has 4 nitrogen and oxygen atoms in total. The quantitative estimate of drug-likeness (QED) is 0.847. The Hall–Kier alpha value is -0.970. The molecule has 0 unspecified atom stereocenters. The number of hydrogen-bond acceptors (Lipinski definition) is 4. The van der Waals surface area contributed by atoms with Crippen molar-refractivity contribution in [3.8, 4) is 11.5 Å². The number of benzene rings is 1. The third kappa shape index (κ3) is 4.02. The zero-order valence-corrected chi connectivity index (χ0v) is 13.6. The molecule has 1 heterocycles. The standard InChI is InChI=1S/C16H25ClN2O2/c1-3-4-5-14(19-8-6-18-7-9-19)12-10-13(17)16(20)15(11-12)21-2/h10-11,14,18,20H,3-9H2,1-2H3/t14-/m0/s1. The predicted molar refractivity (Wildman–Crippen MR) is 86.4 cm³/mol. The van der Waals surface area contributed by atoms with Gasteiger partial charge in [-0.25, -0.2) is 0 Å². The zero-order valence-electron chi connectivity index (χ0n) is 12.9. The Kier molecular flexibility index (Phi) is 6.15. The highest BCUT2D eigenvalue weighted by molar-refractivity contribution is 6.32. The fraction of sp³-hybridized carbons (Fsp3) is 0.625. The van der Waals surface area contributed by atoms with Gasteiger partial charge in [-0.2, -0.15) is 0 Å². The minimum absolute atomic E-state index is 0.0254. The molecule has 0 aromatic heterocycles. The predicted octanol–water partition coefficient (Wildman–Crippen LogP) is 3.19. The number of phenolic OH excluding ortho intramolecular Hbond substituents is 1. The van der Waals surface area contributed by atoms with E-state index in [-0.39, 0.29) is 5.75 Å². The number of nitrogens with zero attached hydrogens (tertiary/aromatic N) is 1. The van der Waals surface area contributed by atoms with Gasteiger partial charge in [0.05, 0.1) is 12.1 Å². The number of ether oxygens (including phenoxy) is 1. The third-order valence-corrected chi connectivity index (χ3v) is 4.37. The Bertz CT molecular complexity index is 462. The van der Waals surface area contributed by atoms with Crippen molar-refractivity contribution in [3.63, 3.8) is 0 Å². The van der Waals surface area contributed by atoms with E-state index >= 15 is 0 Å². The summed E-state index contributed by atoms with van der Waals surface area (Å²) in [5, 5.41) is 13.7. The Morgan fingerprint density at radius 1 is 1.38 bits per heavy atom. The van der Waals surface area contributed by atoms with Crippen molar-refractivity contribution in [1.82, 2.24) is 10.2 Å². The molecule has 0 amide bonds. The number of rotatable bonds is 6. The van der Waals surface area contributed by atoms with Gasteiger partial charge < -0.3 is 15.2 Å². The first-order valence-corrected chi connectivity index (χ1v) is 8.06. The van der Waals surface area contributed by atoms with Crippen LogP contribution in [0.2, 0.25) is 5.02 Å². The monoisotopic (exact) mass is 312 g/mol. The van der Waals surface area contributed by atoms with Crippen LogP contribution in [0.25, 0.3) is 0 Å². The summed E-state index contributed by atoms with van der Waals surface area (Å²) >= 11 is 6.15. The molecular formula is C16H25ClN2O2. The van der Waals surface area contributed by atoms with Gasteiger partial charge in [0.2, 0.25) is 0 Å². The highest BCUT2D eigenvalue weighted by atomic mass is 35.5. The summed E-state index contributed by atoms with van der Waals surface area (Å²) in [4.78, 5) is 2.49. The molecule has 21 heavy (non-hydrogen) atoms. The molecule has 2 N–H and O–H groups in total. The van der Waals surface area contributed by atoms with Gasteiger partial charge in [-0.15, -0.1) is 0 Å². The molecule has 0 bridgehead atoms. The van der Waals surface area contributed by atoms with Crippen LogP contribution < -0.4 is 10.1 Å². The Labute approximate surface area is 132 Å². The summed E-state index contributed by atoms with van der Waals surface area (Å²) in [5.41, 5.74) is 1.13. The number of hydrogen-bond donors (Lipinski definition) is 2. The lowest BCUT2D eigenvalue weighted by molar-refractivity contribution is 0.163. The van der Waals surface area contributed by atoms with Crippen molar-refractivity contribution >= 4 is 11.6 Å². The molecule has 118 valence electrons. The van der Waals surface area contributed by atoms with E-state index in [1.807, 2.05) is 12.1 Å². The van der Waals surface area contributed by atoms with Crippen molar-refractivity contribution in [2.75, 3.05) is 33.3 Å². The zero-order chi connectivity index (χ0) is 15.2. The van der Waals surface area contributed by atoms with E-state index < -0.39 is 0 Å². The van der Waals surface area contributed by atoms with Crippen molar-refractivity contribution < 1.29 is 9.84 Å². The number of phenols is 1. The Morgan fingerprint density at radius 2 is 2.10 bits per heavy atom. The van der Waals surface area contributed by atoms with Crippen LogP contribution in [0.15, 0.2) is 12.1 Å². The normalized spacial score (nSPS) is 17.7. The summed E-state index contributed by atoms with van der Waals surface area (Å²) in [6, 6.07) is 4.13. The second-order valence-electron chi connectivity index (χ2n) is 5.50. The summed E-state index contributed by atoms with van der Waals surface area (Å²) in [6.45, 7) is 6.32. The number of methoxy groups -OCH3 is 1. The molecule has 1 fully saturated rings. The van der Waals surface area contributed by atoms with Gasteiger partial charge in [-0.05, 0) is 24.1 Å². The Balaban J connectivity index is 2.28. The van der Waals surface area contributed by atoms with Gasteiger partial charge in [0.15, 0.2) is 11.5 Å². The highest BCUT2D eigenvalue weighted by Crippen LogP contribution is 2.39. The molecule has 0 spiro atoms. The summed E-state index contributed by atoms with van der Waals surface area (Å²) in [5.74, 6) is 0.478. The first kappa shape index (κ1) is 16.4. The van der Waals surface area contributed by atoms with Crippen molar-refractivity contribution in [1.29, 1.82) is 0 Å². The molecule has 5 heteroatoms. The van der Waals surface area contributed by atoms with E-state index in [0.717, 1.165) is 38.2 Å². The first-order chi connectivity index (χ1) is 10.2. The van der Waals surface area contributed by atoms with Crippen LogP contribution in [0, 0.1) is 0 Å². The Morgan fingerprint density at radius 3 is 2.71 bits per heavy atom. The average Bonchev–Trinajstić information content (AvgIpc) is 2.52. The van der Waals surface area contributed by atoms with Gasteiger partial charge in [-0.3, -0.25) is 4.90 Å². The lowest BCUT2D eigenvalue weighted by Gasteiger charge is -2.35. The fourth-order valence-corrected chi connectivity index (χ4v) is 3.11. The SMILES string of the molecule is CCCC[C@@H](c1cc(Cl)c(O)c(OC)c1)N1CCNCC1. The van der Waals surface area contributed by atoms with Gasteiger partial charge in [0.25, 0.3) is 0 Å². The van der Waals surface area contributed by atoms with Crippen LogP contribution >= 0.6 is 11.6 Å². The maximum Gasteiger partial charge on any atom is 0.176 e. The molecule has 0 aliphatic carbocycles. The van der Waals surface area contributed by atoms with Crippen LogP contribution in [0.4, 0.5) is 0 Å². The molecule has 2 rings (SSSR count). The van der Waals surface area contributed by atoms with Crippen molar-refractivity contribution in [2.45, 2.75) is 32.2 Å². The van der Waals surface area contributed by atoms with Crippen molar-refractivity contribution in [2.24, 2.45) is 0 Å². The second-order valence-corrected chi connectivity index (χ2v) is 5.90. The number of unbranched alkanes of at least 4 members (excludes halogenated alkanes) is 1. The maximum atomic E-state index is 9.91. The number of nitrogens with one attached hydrogen (secondary N) is 1. The molecule has 1 aliphatic rings. The van der Waals surface area contributed by atoms with E-state index in [4.69, 9.17) is 16.3 Å². The van der Waals surface area contributed by atoms with E-state index in [1.54, 1.807) is 7.11 Å². The molecule has 1 atom stereocenters. The van der Waals surface area contributed by atoms with Gasteiger partial charge in [0, 0.05) is 32.2 Å². The minimum atomic E-state index is 0.0254. The summed E-state index contributed by atoms with van der Waals surface area (Å²) < 4.78 is 5.24. The average molecular weight is 313 g/mol. The molecule has 0 radical (unpaired) electrons. The van der Waals surface area contributed by atoms with Crippen LogP contribution in [-0.2, 0) is 0 Å². The smallest absolute Gasteiger partial charge is 0.176 e. The van der Waals surface area contributed by atoms with Crippen LogP contribution in [-0.4, -0.2) is 43.3 Å². The number of halogens is 1. The van der Waals surface area contributed by atoms with Crippen LogP contribution in [0.1, 0.15) is 37.8 Å². The molecule has 1 aromatic carbocycles. The summed E-state index contributed by atoms with van der Waals surface area (Å²) in [7, 11) is 1.56. The largest absolute Gasteiger partial charge is 0.503 e. The molecular weight excluding hydrogens is 288 g/mol.